The maximum Gasteiger partial charge on any atom is 0.410 e. The van der Waals surface area contributed by atoms with Gasteiger partial charge in [0.25, 0.3) is 0 Å². The van der Waals surface area contributed by atoms with Crippen molar-refractivity contribution < 1.29 is 23.8 Å². The fraction of sp³-hybridized carbons (Fsp3) is 0.458. The Kier molecular flexibility index (Phi) is 7.16. The summed E-state index contributed by atoms with van der Waals surface area (Å²) in [6.45, 7) is 7.34. The highest BCUT2D eigenvalue weighted by Gasteiger charge is 2.27. The number of hydrogen-bond acceptors (Lipinski definition) is 7. The molecule has 1 saturated heterocycles. The Morgan fingerprint density at radius 2 is 1.94 bits per heavy atom. The number of rotatable bonds is 5. The lowest BCUT2D eigenvalue weighted by molar-refractivity contribution is 0.0164. The Morgan fingerprint density at radius 3 is 2.55 bits per heavy atom. The molecule has 2 aromatic rings. The number of nitrogens with zero attached hydrogens (tertiary/aromatic N) is 3. The highest BCUT2D eigenvalue weighted by Crippen LogP contribution is 2.27. The molecule has 1 fully saturated rings. The zero-order valence-electron chi connectivity index (χ0n) is 19.5. The highest BCUT2D eigenvalue weighted by molar-refractivity contribution is 5.96. The van der Waals surface area contributed by atoms with Crippen LogP contribution in [0.1, 0.15) is 49.7 Å². The number of nitrogens with two attached hydrogens (primary N) is 1. The summed E-state index contributed by atoms with van der Waals surface area (Å²) < 4.78 is 17.8. The predicted octanol–water partition coefficient (Wildman–Crippen LogP) is 3.74. The van der Waals surface area contributed by atoms with E-state index in [1.165, 1.54) is 17.9 Å². The van der Waals surface area contributed by atoms with E-state index in [-0.39, 0.29) is 23.0 Å². The Hall–Kier alpha value is -3.67. The Labute approximate surface area is 193 Å². The van der Waals surface area contributed by atoms with Gasteiger partial charge >= 0.3 is 12.1 Å². The summed E-state index contributed by atoms with van der Waals surface area (Å²) >= 11 is 0. The second kappa shape index (κ2) is 9.86. The maximum atomic E-state index is 12.2. The molecule has 1 aromatic heterocycles. The van der Waals surface area contributed by atoms with Gasteiger partial charge in [-0.2, -0.15) is 5.26 Å². The van der Waals surface area contributed by atoms with Crippen molar-refractivity contribution in [3.63, 3.8) is 0 Å². The first kappa shape index (κ1) is 24.0. The lowest BCUT2D eigenvalue weighted by Crippen LogP contribution is -2.42. The van der Waals surface area contributed by atoms with Gasteiger partial charge in [0, 0.05) is 31.0 Å². The van der Waals surface area contributed by atoms with Crippen molar-refractivity contribution in [1.82, 2.24) is 9.47 Å². The minimum absolute atomic E-state index is 0.0763. The number of piperidine rings is 1. The van der Waals surface area contributed by atoms with Crippen molar-refractivity contribution in [3.8, 4) is 17.5 Å². The van der Waals surface area contributed by atoms with E-state index in [2.05, 4.69) is 0 Å². The van der Waals surface area contributed by atoms with E-state index < -0.39 is 11.6 Å². The third-order valence-electron chi connectivity index (χ3n) is 5.39. The minimum atomic E-state index is -0.628. The molecule has 33 heavy (non-hydrogen) atoms. The first-order chi connectivity index (χ1) is 15.6. The van der Waals surface area contributed by atoms with Gasteiger partial charge in [0.05, 0.1) is 25.0 Å². The second-order valence-corrected chi connectivity index (χ2v) is 9.00. The monoisotopic (exact) mass is 454 g/mol. The maximum absolute atomic E-state index is 12.2. The number of nitriles is 1. The number of likely N-dealkylation sites (tertiary alicyclic amines) is 1. The Morgan fingerprint density at radius 1 is 1.24 bits per heavy atom. The lowest BCUT2D eigenvalue weighted by atomic mass is 9.98. The number of esters is 1. The summed E-state index contributed by atoms with van der Waals surface area (Å²) in [6.07, 6.45) is 2.88. The van der Waals surface area contributed by atoms with Crippen molar-refractivity contribution in [2.45, 2.75) is 39.2 Å². The smallest absolute Gasteiger partial charge is 0.410 e. The van der Waals surface area contributed by atoms with Crippen LogP contribution in [0.3, 0.4) is 0 Å². The summed E-state index contributed by atoms with van der Waals surface area (Å²) in [5, 5.41) is 9.30. The molecule has 3 rings (SSSR count). The number of carbonyl (C=O) groups is 2. The molecule has 9 nitrogen and oxygen atoms in total. The van der Waals surface area contributed by atoms with Gasteiger partial charge < -0.3 is 29.4 Å². The number of anilines is 1. The fourth-order valence-electron chi connectivity index (χ4n) is 3.66. The number of nitrogen functional groups attached to an aromatic ring is 1. The van der Waals surface area contributed by atoms with Crippen LogP contribution in [0, 0.1) is 17.2 Å². The molecule has 1 aliphatic heterocycles. The number of carbonyl (C=O) groups excluding carboxylic acids is 2. The van der Waals surface area contributed by atoms with Crippen LogP contribution in [-0.2, 0) is 9.47 Å². The van der Waals surface area contributed by atoms with Gasteiger partial charge in [0.1, 0.15) is 17.4 Å². The molecule has 0 aliphatic carbocycles. The van der Waals surface area contributed by atoms with Gasteiger partial charge in [0.15, 0.2) is 5.69 Å². The quantitative estimate of drug-likeness (QED) is 0.683. The van der Waals surface area contributed by atoms with Crippen molar-refractivity contribution >= 4 is 17.7 Å². The fourth-order valence-corrected chi connectivity index (χ4v) is 3.66. The molecular formula is C24H30N4O5. The molecule has 0 unspecified atom stereocenters. The second-order valence-electron chi connectivity index (χ2n) is 9.00. The van der Waals surface area contributed by atoms with Gasteiger partial charge in [-0.15, -0.1) is 0 Å². The Balaban J connectivity index is 1.64. The van der Waals surface area contributed by atoms with Crippen LogP contribution in [0.15, 0.2) is 30.5 Å². The van der Waals surface area contributed by atoms with E-state index in [1.54, 1.807) is 23.1 Å². The topological polar surface area (TPSA) is 120 Å². The molecule has 9 heteroatoms. The van der Waals surface area contributed by atoms with E-state index in [4.69, 9.17) is 19.9 Å². The lowest BCUT2D eigenvalue weighted by Gasteiger charge is -2.33. The van der Waals surface area contributed by atoms with Gasteiger partial charge in [0.2, 0.25) is 0 Å². The number of aromatic nitrogens is 1. The molecule has 2 N–H and O–H groups in total. The molecule has 0 radical (unpaired) electrons. The number of hydrogen-bond donors (Lipinski definition) is 1. The minimum Gasteiger partial charge on any atom is -0.493 e. The largest absolute Gasteiger partial charge is 0.493 e. The highest BCUT2D eigenvalue weighted by atomic mass is 16.6. The zero-order chi connectivity index (χ0) is 24.2. The van der Waals surface area contributed by atoms with Gasteiger partial charge in [-0.05, 0) is 51.7 Å². The molecule has 1 amide bonds. The molecule has 0 saturated carbocycles. The van der Waals surface area contributed by atoms with Crippen LogP contribution >= 0.6 is 0 Å². The third-order valence-corrected chi connectivity index (χ3v) is 5.39. The molecule has 1 aliphatic rings. The Bertz CT molecular complexity index is 1060. The first-order valence-corrected chi connectivity index (χ1v) is 10.8. The summed E-state index contributed by atoms with van der Waals surface area (Å²) in [4.78, 5) is 26.2. The first-order valence-electron chi connectivity index (χ1n) is 10.8. The molecule has 2 heterocycles. The molecule has 0 spiro atoms. The third kappa shape index (κ3) is 5.77. The van der Waals surface area contributed by atoms with E-state index >= 15 is 0 Å². The van der Waals surface area contributed by atoms with Crippen molar-refractivity contribution in [2.24, 2.45) is 5.92 Å². The summed E-state index contributed by atoms with van der Waals surface area (Å²) in [5.41, 5.74) is 6.46. The van der Waals surface area contributed by atoms with Crippen LogP contribution in [-0.4, -0.2) is 53.9 Å². The van der Waals surface area contributed by atoms with Crippen LogP contribution in [0.5, 0.6) is 5.75 Å². The predicted molar refractivity (Wildman–Crippen MR) is 122 cm³/mol. The van der Waals surface area contributed by atoms with Gasteiger partial charge in [-0.3, -0.25) is 0 Å². The van der Waals surface area contributed by atoms with Crippen LogP contribution < -0.4 is 10.5 Å². The van der Waals surface area contributed by atoms with Crippen molar-refractivity contribution in [2.75, 3.05) is 32.5 Å². The molecule has 0 bridgehead atoms. The average Bonchev–Trinajstić information content (AvgIpc) is 3.13. The molecule has 1 aromatic carbocycles. The summed E-state index contributed by atoms with van der Waals surface area (Å²) in [5.74, 6) is 0.311. The number of amides is 1. The van der Waals surface area contributed by atoms with Crippen LogP contribution in [0.25, 0.3) is 5.69 Å². The number of ether oxygens (including phenoxy) is 3. The van der Waals surface area contributed by atoms with E-state index in [1.807, 2.05) is 32.9 Å². The normalized spacial score (nSPS) is 14.5. The van der Waals surface area contributed by atoms with Crippen LogP contribution in [0.4, 0.5) is 10.5 Å². The zero-order valence-corrected chi connectivity index (χ0v) is 19.5. The van der Waals surface area contributed by atoms with E-state index in [0.717, 1.165) is 12.8 Å². The van der Waals surface area contributed by atoms with Gasteiger partial charge in [-0.25, -0.2) is 9.59 Å². The van der Waals surface area contributed by atoms with Gasteiger partial charge in [-0.1, -0.05) is 6.07 Å². The van der Waals surface area contributed by atoms with Crippen molar-refractivity contribution in [3.05, 3.63) is 41.7 Å². The molecule has 0 atom stereocenters. The van der Waals surface area contributed by atoms with Crippen LogP contribution in [0.2, 0.25) is 0 Å². The standard InChI is InChI=1S/C24H30N4O5/c1-24(2,3)33-23(30)27-10-8-16(9-11-27)15-32-19-7-5-6-18(12-19)28-14-17(13-25)20(26)21(28)22(29)31-4/h5-7,12,14,16H,8-11,15,26H2,1-4H3. The van der Waals surface area contributed by atoms with Crippen molar-refractivity contribution in [1.29, 1.82) is 5.26 Å². The molecular weight excluding hydrogens is 424 g/mol. The van der Waals surface area contributed by atoms with E-state index in [9.17, 15) is 14.9 Å². The summed E-state index contributed by atoms with van der Waals surface area (Å²) in [6, 6.07) is 9.19. The van der Waals surface area contributed by atoms with E-state index in [0.29, 0.717) is 37.1 Å². The number of benzene rings is 1. The average molecular weight is 455 g/mol. The number of methoxy groups -OCH3 is 1. The molecule has 176 valence electrons. The SMILES string of the molecule is COC(=O)c1c(N)c(C#N)cn1-c1cccc(OCC2CCN(C(=O)OC(C)(C)C)CC2)c1. The summed E-state index contributed by atoms with van der Waals surface area (Å²) in [7, 11) is 1.26.